The Balaban J connectivity index is 2.18. The lowest BCUT2D eigenvalue weighted by atomic mass is 10.2. The number of nitrogens with one attached hydrogen (secondary N) is 1. The van der Waals surface area contributed by atoms with E-state index in [1.54, 1.807) is 18.4 Å². The van der Waals surface area contributed by atoms with Gasteiger partial charge < -0.3 is 10.1 Å². The second-order valence-electron chi connectivity index (χ2n) is 4.44. The van der Waals surface area contributed by atoms with Crippen LogP contribution in [0.2, 0.25) is 5.02 Å². The molecule has 0 aliphatic heterocycles. The molecule has 2 heterocycles. The van der Waals surface area contributed by atoms with Crippen molar-refractivity contribution in [3.05, 3.63) is 34.7 Å². The number of methoxy groups -OCH3 is 1. The highest BCUT2D eigenvalue weighted by Gasteiger charge is 2.11. The number of rotatable bonds is 4. The van der Waals surface area contributed by atoms with Crippen LogP contribution in [0, 0.1) is 0 Å². The first-order chi connectivity index (χ1) is 10.2. The molecular formula is C15H14ClN3OS. The molecule has 4 nitrogen and oxygen atoms in total. The molecule has 2 aromatic heterocycles. The summed E-state index contributed by atoms with van der Waals surface area (Å²) >= 11 is 7.63. The standard InChI is InChI=1S/C15H14ClN3OS/c1-3-17-14-11-5-4-9(16)6-12(11)18-15(19-14)13-7-10(20-2)8-21-13/h4-8H,3H2,1-2H3,(H,17,18,19). The second-order valence-corrected chi connectivity index (χ2v) is 5.79. The molecule has 0 saturated carbocycles. The molecule has 0 saturated heterocycles. The van der Waals surface area contributed by atoms with E-state index in [4.69, 9.17) is 16.3 Å². The van der Waals surface area contributed by atoms with Gasteiger partial charge in [-0.1, -0.05) is 11.6 Å². The Morgan fingerprint density at radius 2 is 2.14 bits per heavy atom. The lowest BCUT2D eigenvalue weighted by molar-refractivity contribution is 0.417. The van der Waals surface area contributed by atoms with E-state index in [0.29, 0.717) is 10.8 Å². The fourth-order valence-electron chi connectivity index (χ4n) is 2.06. The number of hydrogen-bond acceptors (Lipinski definition) is 5. The molecule has 3 rings (SSSR count). The Hall–Kier alpha value is -1.85. The van der Waals surface area contributed by atoms with Gasteiger partial charge in [0.2, 0.25) is 0 Å². The summed E-state index contributed by atoms with van der Waals surface area (Å²) in [6, 6.07) is 7.58. The van der Waals surface area contributed by atoms with Crippen LogP contribution in [0.3, 0.4) is 0 Å². The summed E-state index contributed by atoms with van der Waals surface area (Å²) in [6.45, 7) is 2.83. The first kappa shape index (κ1) is 14.1. The third kappa shape index (κ3) is 2.80. The van der Waals surface area contributed by atoms with Gasteiger partial charge in [0, 0.05) is 28.4 Å². The summed E-state index contributed by atoms with van der Waals surface area (Å²) < 4.78 is 5.22. The molecule has 21 heavy (non-hydrogen) atoms. The normalized spacial score (nSPS) is 10.8. The van der Waals surface area contributed by atoms with Crippen molar-refractivity contribution in [2.24, 2.45) is 0 Å². The van der Waals surface area contributed by atoms with Crippen molar-refractivity contribution in [2.75, 3.05) is 19.0 Å². The SMILES string of the molecule is CCNc1nc(-c2cc(OC)cs2)nc2cc(Cl)ccc12. The summed E-state index contributed by atoms with van der Waals surface area (Å²) in [5.41, 5.74) is 0.829. The Morgan fingerprint density at radius 3 is 2.86 bits per heavy atom. The minimum Gasteiger partial charge on any atom is -0.496 e. The maximum atomic E-state index is 6.07. The van der Waals surface area contributed by atoms with E-state index in [9.17, 15) is 0 Å². The molecule has 0 unspecified atom stereocenters. The predicted octanol–water partition coefficient (Wildman–Crippen LogP) is 4.45. The van der Waals surface area contributed by atoms with Crippen LogP contribution >= 0.6 is 22.9 Å². The Bertz CT molecular complexity index is 788. The van der Waals surface area contributed by atoms with E-state index < -0.39 is 0 Å². The number of ether oxygens (including phenoxy) is 1. The zero-order chi connectivity index (χ0) is 14.8. The van der Waals surface area contributed by atoms with Gasteiger partial charge in [-0.15, -0.1) is 11.3 Å². The average molecular weight is 320 g/mol. The predicted molar refractivity (Wildman–Crippen MR) is 88.6 cm³/mol. The van der Waals surface area contributed by atoms with Crippen molar-refractivity contribution in [3.63, 3.8) is 0 Å². The van der Waals surface area contributed by atoms with Crippen molar-refractivity contribution < 1.29 is 4.74 Å². The maximum Gasteiger partial charge on any atom is 0.172 e. The number of halogens is 1. The number of anilines is 1. The van der Waals surface area contributed by atoms with Crippen LogP contribution in [-0.4, -0.2) is 23.6 Å². The van der Waals surface area contributed by atoms with Gasteiger partial charge in [-0.05, 0) is 25.1 Å². The first-order valence-corrected chi connectivity index (χ1v) is 7.81. The van der Waals surface area contributed by atoms with Gasteiger partial charge in [0.05, 0.1) is 17.5 Å². The molecule has 0 spiro atoms. The number of benzene rings is 1. The van der Waals surface area contributed by atoms with Crippen LogP contribution in [0.5, 0.6) is 5.75 Å². The third-order valence-corrected chi connectivity index (χ3v) is 4.17. The summed E-state index contributed by atoms with van der Waals surface area (Å²) in [6.07, 6.45) is 0. The topological polar surface area (TPSA) is 47.0 Å². The average Bonchev–Trinajstić information content (AvgIpc) is 2.96. The minimum absolute atomic E-state index is 0.665. The molecule has 3 aromatic rings. The van der Waals surface area contributed by atoms with Gasteiger partial charge in [0.1, 0.15) is 11.6 Å². The highest BCUT2D eigenvalue weighted by molar-refractivity contribution is 7.13. The van der Waals surface area contributed by atoms with Crippen LogP contribution in [0.25, 0.3) is 21.6 Å². The molecule has 0 aliphatic carbocycles. The molecule has 1 N–H and O–H groups in total. The molecular weight excluding hydrogens is 306 g/mol. The van der Waals surface area contributed by atoms with E-state index in [0.717, 1.165) is 33.9 Å². The number of aromatic nitrogens is 2. The van der Waals surface area contributed by atoms with E-state index in [1.165, 1.54) is 0 Å². The number of nitrogens with zero attached hydrogens (tertiary/aromatic N) is 2. The largest absolute Gasteiger partial charge is 0.496 e. The van der Waals surface area contributed by atoms with Crippen molar-refractivity contribution in [2.45, 2.75) is 6.92 Å². The molecule has 0 aliphatic rings. The van der Waals surface area contributed by atoms with Gasteiger partial charge in [-0.2, -0.15) is 0 Å². The van der Waals surface area contributed by atoms with Crippen molar-refractivity contribution >= 4 is 39.7 Å². The Labute approximate surface area is 131 Å². The van der Waals surface area contributed by atoms with E-state index in [2.05, 4.69) is 15.3 Å². The molecule has 0 amide bonds. The number of hydrogen-bond donors (Lipinski definition) is 1. The van der Waals surface area contributed by atoms with Gasteiger partial charge >= 0.3 is 0 Å². The summed E-state index contributed by atoms with van der Waals surface area (Å²) in [4.78, 5) is 10.2. The third-order valence-electron chi connectivity index (χ3n) is 3.03. The zero-order valence-corrected chi connectivity index (χ0v) is 13.3. The molecule has 0 atom stereocenters. The van der Waals surface area contributed by atoms with Crippen LogP contribution in [0.1, 0.15) is 6.92 Å². The minimum atomic E-state index is 0.665. The van der Waals surface area contributed by atoms with Crippen molar-refractivity contribution in [1.82, 2.24) is 9.97 Å². The molecule has 1 aromatic carbocycles. The summed E-state index contributed by atoms with van der Waals surface area (Å²) in [5.74, 6) is 2.31. The number of thiophene rings is 1. The molecule has 0 bridgehead atoms. The van der Waals surface area contributed by atoms with E-state index in [-0.39, 0.29) is 0 Å². The highest BCUT2D eigenvalue weighted by atomic mass is 35.5. The Kier molecular flexibility index (Phi) is 3.94. The molecule has 6 heteroatoms. The lowest BCUT2D eigenvalue weighted by Crippen LogP contribution is -2.02. The van der Waals surface area contributed by atoms with Gasteiger partial charge in [-0.25, -0.2) is 9.97 Å². The monoisotopic (exact) mass is 319 g/mol. The van der Waals surface area contributed by atoms with E-state index in [1.807, 2.05) is 36.6 Å². The number of fused-ring (bicyclic) bond motifs is 1. The van der Waals surface area contributed by atoms with Gasteiger partial charge in [0.15, 0.2) is 5.82 Å². The highest BCUT2D eigenvalue weighted by Crippen LogP contribution is 2.32. The molecule has 0 radical (unpaired) electrons. The smallest absolute Gasteiger partial charge is 0.172 e. The lowest BCUT2D eigenvalue weighted by Gasteiger charge is -2.09. The Morgan fingerprint density at radius 1 is 1.29 bits per heavy atom. The van der Waals surface area contributed by atoms with Gasteiger partial charge in [0.25, 0.3) is 0 Å². The maximum absolute atomic E-state index is 6.07. The zero-order valence-electron chi connectivity index (χ0n) is 11.7. The van der Waals surface area contributed by atoms with Crippen molar-refractivity contribution in [3.8, 4) is 16.5 Å². The van der Waals surface area contributed by atoms with Crippen molar-refractivity contribution in [1.29, 1.82) is 0 Å². The summed E-state index contributed by atoms with van der Waals surface area (Å²) in [5, 5.41) is 6.85. The van der Waals surface area contributed by atoms with Crippen LogP contribution in [0.15, 0.2) is 29.6 Å². The quantitative estimate of drug-likeness (QED) is 0.771. The second kappa shape index (κ2) is 5.87. The van der Waals surface area contributed by atoms with Crippen LogP contribution < -0.4 is 10.1 Å². The molecule has 0 fully saturated rings. The van der Waals surface area contributed by atoms with Crippen LogP contribution in [0.4, 0.5) is 5.82 Å². The summed E-state index contributed by atoms with van der Waals surface area (Å²) in [7, 11) is 1.65. The van der Waals surface area contributed by atoms with Gasteiger partial charge in [-0.3, -0.25) is 0 Å². The molecule has 108 valence electrons. The fourth-order valence-corrected chi connectivity index (χ4v) is 3.01. The van der Waals surface area contributed by atoms with E-state index >= 15 is 0 Å². The first-order valence-electron chi connectivity index (χ1n) is 6.55. The van der Waals surface area contributed by atoms with Crippen LogP contribution in [-0.2, 0) is 0 Å². The fraction of sp³-hybridized carbons (Fsp3) is 0.200.